The monoisotopic (exact) mass is 729 g/mol. The predicted octanol–water partition coefficient (Wildman–Crippen LogP) is 6.05. The molecule has 4 aliphatic heterocycles. The fraction of sp³-hybridized carbons (Fsp3) is 0.628. The maximum absolute atomic E-state index is 14.2. The van der Waals surface area contributed by atoms with E-state index < -0.39 is 12.3 Å². The second-order valence-electron chi connectivity index (χ2n) is 15.8. The number of ether oxygens (including phenoxy) is 2. The van der Waals surface area contributed by atoms with Crippen LogP contribution in [0, 0.1) is 25.7 Å². The summed E-state index contributed by atoms with van der Waals surface area (Å²) < 4.78 is 11.9. The lowest BCUT2D eigenvalue weighted by atomic mass is 9.78. The van der Waals surface area contributed by atoms with Crippen molar-refractivity contribution in [3.63, 3.8) is 0 Å². The summed E-state index contributed by atoms with van der Waals surface area (Å²) in [6.07, 6.45) is 10.1. The number of benzene rings is 2. The standard InChI is InChI=1S/C43H63N5O5/c1-5-41(46-23-15-35(16-24-46)34-11-12-36-9-7-8-10-38(36)44-40(49)14-13-34)53-39(28-33-26-31(3)25-32(4)27-33)43(51)48-29-47(30-48)37-17-20-45(21-18-37)22-19-42(50)52-6-2/h5,7-10,25-27,34-35,37,39-40,44,49H,6,11-24,28-30H2,1-4H3/b41-5-/t34?,39-,40?/m1/s1. The highest BCUT2D eigenvalue weighted by molar-refractivity contribution is 5.82. The Morgan fingerprint density at radius 2 is 1.60 bits per heavy atom. The molecule has 2 aromatic rings. The molecule has 290 valence electrons. The molecule has 2 N–H and O–H groups in total. The van der Waals surface area contributed by atoms with Crippen LogP contribution in [0.5, 0.6) is 0 Å². The van der Waals surface area contributed by atoms with Crippen molar-refractivity contribution in [2.75, 3.05) is 58.0 Å². The Labute approximate surface area is 317 Å². The molecule has 10 heteroatoms. The van der Waals surface area contributed by atoms with E-state index in [4.69, 9.17) is 9.47 Å². The highest BCUT2D eigenvalue weighted by atomic mass is 16.5. The highest BCUT2D eigenvalue weighted by Crippen LogP contribution is 2.36. The molecule has 2 aromatic carbocycles. The van der Waals surface area contributed by atoms with E-state index in [-0.39, 0.29) is 11.9 Å². The SMILES string of the molecule is C/C=C(\O[C@H](Cc1cc(C)cc(C)c1)C(=O)N1CN(C2CCN(CCC(=O)OCC)CC2)C1)N1CCC(C2CCc3ccccc3NC(O)CC2)CC1. The Hall–Kier alpha value is -3.60. The molecule has 1 amide bonds. The largest absolute Gasteiger partial charge is 0.466 e. The van der Waals surface area contributed by atoms with Gasteiger partial charge >= 0.3 is 5.97 Å². The molecule has 4 heterocycles. The molecule has 3 saturated heterocycles. The summed E-state index contributed by atoms with van der Waals surface area (Å²) >= 11 is 0. The van der Waals surface area contributed by atoms with Gasteiger partial charge in [0.2, 0.25) is 0 Å². The van der Waals surface area contributed by atoms with Gasteiger partial charge in [0.25, 0.3) is 5.91 Å². The Morgan fingerprint density at radius 3 is 2.30 bits per heavy atom. The van der Waals surface area contributed by atoms with Gasteiger partial charge in [0, 0.05) is 37.8 Å². The number of likely N-dealkylation sites (tertiary alicyclic amines) is 2. The Morgan fingerprint density at radius 1 is 0.906 bits per heavy atom. The van der Waals surface area contributed by atoms with Crippen molar-refractivity contribution in [3.05, 3.63) is 76.7 Å². The molecule has 4 aliphatic rings. The fourth-order valence-electron chi connectivity index (χ4n) is 9.06. The molecule has 0 saturated carbocycles. The minimum atomic E-state index is -0.601. The average molecular weight is 730 g/mol. The number of allylic oxidation sites excluding steroid dienone is 1. The van der Waals surface area contributed by atoms with Gasteiger partial charge in [-0.3, -0.25) is 14.5 Å². The number of piperidine rings is 2. The molecule has 0 spiro atoms. The average Bonchev–Trinajstić information content (AvgIpc) is 3.20. The number of carbonyl (C=O) groups is 2. The van der Waals surface area contributed by atoms with Crippen LogP contribution in [0.2, 0.25) is 0 Å². The summed E-state index contributed by atoms with van der Waals surface area (Å²) in [6, 6.07) is 15.4. The lowest BCUT2D eigenvalue weighted by Gasteiger charge is -2.49. The molecule has 3 atom stereocenters. The predicted molar refractivity (Wildman–Crippen MR) is 209 cm³/mol. The van der Waals surface area contributed by atoms with Crippen LogP contribution >= 0.6 is 0 Å². The molecule has 2 unspecified atom stereocenters. The highest BCUT2D eigenvalue weighted by Gasteiger charge is 2.39. The number of aliphatic hydroxyl groups excluding tert-OH is 1. The first kappa shape index (κ1) is 39.1. The second-order valence-corrected chi connectivity index (χ2v) is 15.8. The first-order valence-electron chi connectivity index (χ1n) is 20.3. The lowest BCUT2D eigenvalue weighted by molar-refractivity contribution is -0.164. The number of fused-ring (bicyclic) bond motifs is 1. The van der Waals surface area contributed by atoms with Crippen LogP contribution in [0.15, 0.2) is 54.4 Å². The van der Waals surface area contributed by atoms with E-state index in [0.717, 1.165) is 101 Å². The molecule has 0 radical (unpaired) electrons. The molecule has 53 heavy (non-hydrogen) atoms. The van der Waals surface area contributed by atoms with Gasteiger partial charge in [-0.2, -0.15) is 0 Å². The van der Waals surface area contributed by atoms with E-state index in [9.17, 15) is 14.7 Å². The molecule has 0 aliphatic carbocycles. The van der Waals surface area contributed by atoms with Crippen molar-refractivity contribution >= 4 is 17.6 Å². The van der Waals surface area contributed by atoms with Crippen molar-refractivity contribution in [1.82, 2.24) is 19.6 Å². The van der Waals surface area contributed by atoms with Crippen molar-refractivity contribution in [1.29, 1.82) is 0 Å². The van der Waals surface area contributed by atoms with Crippen molar-refractivity contribution in [2.24, 2.45) is 11.8 Å². The number of carbonyl (C=O) groups excluding carboxylic acids is 2. The normalized spacial score (nSPS) is 23.2. The Balaban J connectivity index is 1.04. The number of anilines is 1. The van der Waals surface area contributed by atoms with E-state index in [2.05, 4.69) is 70.3 Å². The molecule has 3 fully saturated rings. The number of rotatable bonds is 12. The number of amides is 1. The smallest absolute Gasteiger partial charge is 0.307 e. The number of hydrogen-bond donors (Lipinski definition) is 2. The molecule has 0 bridgehead atoms. The van der Waals surface area contributed by atoms with Gasteiger partial charge in [-0.25, -0.2) is 0 Å². The van der Waals surface area contributed by atoms with E-state index >= 15 is 0 Å². The molecule has 10 nitrogen and oxygen atoms in total. The van der Waals surface area contributed by atoms with Crippen LogP contribution in [0.3, 0.4) is 0 Å². The topological polar surface area (TPSA) is 97.8 Å². The van der Waals surface area contributed by atoms with Gasteiger partial charge in [0.1, 0.15) is 6.23 Å². The number of aliphatic hydroxyl groups is 1. The fourth-order valence-corrected chi connectivity index (χ4v) is 9.06. The maximum Gasteiger partial charge on any atom is 0.307 e. The number of aryl methyl sites for hydroxylation is 3. The van der Waals surface area contributed by atoms with Gasteiger partial charge < -0.3 is 34.6 Å². The summed E-state index contributed by atoms with van der Waals surface area (Å²) in [4.78, 5) is 35.1. The third-order valence-corrected chi connectivity index (χ3v) is 12.0. The third kappa shape index (κ3) is 10.5. The third-order valence-electron chi connectivity index (χ3n) is 12.0. The zero-order chi connectivity index (χ0) is 37.3. The van der Waals surface area contributed by atoms with E-state index in [1.165, 1.54) is 16.7 Å². The number of esters is 1. The maximum atomic E-state index is 14.2. The summed E-state index contributed by atoms with van der Waals surface area (Å²) in [5.41, 5.74) is 5.87. The van der Waals surface area contributed by atoms with E-state index in [1.807, 2.05) is 30.9 Å². The van der Waals surface area contributed by atoms with Gasteiger partial charge in [0.15, 0.2) is 12.0 Å². The number of hydrogen-bond acceptors (Lipinski definition) is 9. The number of nitrogens with one attached hydrogen (secondary N) is 1. The summed E-state index contributed by atoms with van der Waals surface area (Å²) in [5.74, 6) is 1.91. The Kier molecular flexibility index (Phi) is 13.7. The first-order chi connectivity index (χ1) is 25.7. The zero-order valence-corrected chi connectivity index (χ0v) is 32.6. The summed E-state index contributed by atoms with van der Waals surface area (Å²) in [5, 5.41) is 14.0. The molecular weight excluding hydrogens is 667 g/mol. The minimum Gasteiger partial charge on any atom is -0.466 e. The summed E-state index contributed by atoms with van der Waals surface area (Å²) in [6.45, 7) is 14.2. The first-order valence-corrected chi connectivity index (χ1v) is 20.3. The van der Waals surface area contributed by atoms with Gasteiger partial charge in [-0.1, -0.05) is 47.5 Å². The summed E-state index contributed by atoms with van der Waals surface area (Å²) in [7, 11) is 0. The minimum absolute atomic E-state index is 0.0551. The van der Waals surface area contributed by atoms with Gasteiger partial charge in [0.05, 0.1) is 26.4 Å². The van der Waals surface area contributed by atoms with Crippen LogP contribution in [-0.2, 0) is 31.9 Å². The molecule has 6 rings (SSSR count). The Bertz CT molecular complexity index is 1520. The van der Waals surface area contributed by atoms with Crippen LogP contribution in [0.1, 0.15) is 87.5 Å². The van der Waals surface area contributed by atoms with Crippen molar-refractivity contribution in [2.45, 2.75) is 110 Å². The number of nitrogens with zero attached hydrogens (tertiary/aromatic N) is 4. The second kappa shape index (κ2) is 18.6. The van der Waals surface area contributed by atoms with Crippen molar-refractivity contribution in [3.8, 4) is 0 Å². The molecule has 0 aromatic heterocycles. The van der Waals surface area contributed by atoms with Crippen molar-refractivity contribution < 1.29 is 24.2 Å². The lowest BCUT2D eigenvalue weighted by Crippen LogP contribution is -2.64. The van der Waals surface area contributed by atoms with Crippen LogP contribution in [0.25, 0.3) is 0 Å². The quantitative estimate of drug-likeness (QED) is 0.200. The van der Waals surface area contributed by atoms with Gasteiger partial charge in [-0.15, -0.1) is 0 Å². The zero-order valence-electron chi connectivity index (χ0n) is 32.6. The van der Waals surface area contributed by atoms with Crippen LogP contribution < -0.4 is 5.32 Å². The van der Waals surface area contributed by atoms with Crippen LogP contribution in [-0.4, -0.2) is 108 Å². The van der Waals surface area contributed by atoms with Crippen LogP contribution in [0.4, 0.5) is 5.69 Å². The van der Waals surface area contributed by atoms with Gasteiger partial charge in [-0.05, 0) is 127 Å². The van der Waals surface area contributed by atoms with E-state index in [1.54, 1.807) is 0 Å². The van der Waals surface area contributed by atoms with E-state index in [0.29, 0.717) is 50.7 Å². The number of para-hydroxylation sites is 1. The molecular formula is C43H63N5O5.